The molecular formula is C26H20F2N2Pt. The van der Waals surface area contributed by atoms with Crippen molar-refractivity contribution in [3.05, 3.63) is 119 Å². The third-order valence-electron chi connectivity index (χ3n) is 5.10. The Labute approximate surface area is 195 Å². The van der Waals surface area contributed by atoms with Crippen LogP contribution in [0.25, 0.3) is 11.3 Å². The van der Waals surface area contributed by atoms with Crippen molar-refractivity contribution in [1.82, 2.24) is 9.97 Å². The van der Waals surface area contributed by atoms with Crippen molar-refractivity contribution in [1.29, 1.82) is 0 Å². The first-order valence-corrected chi connectivity index (χ1v) is 9.70. The topological polar surface area (TPSA) is 25.8 Å². The number of nitrogens with zero attached hydrogens (tertiary/aromatic N) is 2. The number of hydrogen-bond donors (Lipinski definition) is 0. The second kappa shape index (κ2) is 9.61. The quantitative estimate of drug-likeness (QED) is 0.268. The monoisotopic (exact) mass is 593 g/mol. The summed E-state index contributed by atoms with van der Waals surface area (Å²) < 4.78 is 27.5. The van der Waals surface area contributed by atoms with E-state index in [2.05, 4.69) is 17.1 Å². The van der Waals surface area contributed by atoms with Gasteiger partial charge in [-0.25, -0.2) is 0 Å². The SMILES string of the molecule is CC(C)(c1cccc(Cc2[c-]cccc2)n1)c1cccc(-c2[c-]cc(F)cc2F)n1.[Pt+2]. The van der Waals surface area contributed by atoms with E-state index >= 15 is 0 Å². The van der Waals surface area contributed by atoms with E-state index in [1.54, 1.807) is 6.07 Å². The van der Waals surface area contributed by atoms with Crippen molar-refractivity contribution in [3.63, 3.8) is 0 Å². The smallest absolute Gasteiger partial charge is 0.300 e. The van der Waals surface area contributed by atoms with Crippen LogP contribution in [0.1, 0.15) is 36.5 Å². The Balaban J connectivity index is 0.00000272. The third-order valence-corrected chi connectivity index (χ3v) is 5.10. The standard InChI is InChI=1S/C26H20F2N2.Pt/c1-26(2,24-12-6-10-20(29-24)16-18-8-4-3-5-9-18)25-13-7-11-23(30-25)21-15-14-19(27)17-22(21)28;/h3-8,10-14,17H,16H2,1-2H3;/q-2;+2. The Bertz CT molecular complexity index is 1180. The molecule has 0 N–H and O–H groups in total. The Morgan fingerprint density at radius 1 is 0.871 bits per heavy atom. The van der Waals surface area contributed by atoms with Gasteiger partial charge >= 0.3 is 21.1 Å². The molecule has 0 radical (unpaired) electrons. The molecule has 4 rings (SSSR count). The van der Waals surface area contributed by atoms with Crippen LogP contribution in [0.2, 0.25) is 0 Å². The summed E-state index contributed by atoms with van der Waals surface area (Å²) >= 11 is 0. The molecule has 4 aromatic rings. The minimum atomic E-state index is -0.684. The fourth-order valence-electron chi connectivity index (χ4n) is 3.36. The predicted octanol–water partition coefficient (Wildman–Crippen LogP) is 5.94. The summed E-state index contributed by atoms with van der Waals surface area (Å²) in [6.07, 6.45) is 0.688. The largest absolute Gasteiger partial charge is 2.00 e. The summed E-state index contributed by atoms with van der Waals surface area (Å²) in [7, 11) is 0. The maximum absolute atomic E-state index is 14.2. The molecule has 0 aliphatic rings. The minimum absolute atomic E-state index is 0. The Kier molecular flexibility index (Phi) is 7.12. The van der Waals surface area contributed by atoms with E-state index in [9.17, 15) is 8.78 Å². The van der Waals surface area contributed by atoms with Crippen molar-refractivity contribution in [2.24, 2.45) is 0 Å². The van der Waals surface area contributed by atoms with Crippen LogP contribution in [-0.4, -0.2) is 9.97 Å². The van der Waals surface area contributed by atoms with Gasteiger partial charge in [0.1, 0.15) is 0 Å². The summed E-state index contributed by atoms with van der Waals surface area (Å²) in [5, 5.41) is 0. The summed E-state index contributed by atoms with van der Waals surface area (Å²) in [6.45, 7) is 4.06. The Hall–Kier alpha value is -2.71. The molecule has 0 saturated heterocycles. The van der Waals surface area contributed by atoms with Gasteiger partial charge in [-0.05, 0) is 44.2 Å². The van der Waals surface area contributed by atoms with Crippen molar-refractivity contribution < 1.29 is 29.8 Å². The van der Waals surface area contributed by atoms with Crippen molar-refractivity contribution >= 4 is 0 Å². The molecule has 0 saturated carbocycles. The van der Waals surface area contributed by atoms with Gasteiger partial charge in [0.05, 0.1) is 5.69 Å². The van der Waals surface area contributed by atoms with Gasteiger partial charge in [-0.15, -0.1) is 12.1 Å². The minimum Gasteiger partial charge on any atom is -0.300 e. The van der Waals surface area contributed by atoms with Crippen LogP contribution in [0.15, 0.2) is 72.8 Å². The van der Waals surface area contributed by atoms with Gasteiger partial charge in [0, 0.05) is 28.4 Å². The van der Waals surface area contributed by atoms with Crippen LogP contribution in [0.4, 0.5) is 8.78 Å². The Morgan fingerprint density at radius 3 is 2.32 bits per heavy atom. The predicted molar refractivity (Wildman–Crippen MR) is 113 cm³/mol. The second-order valence-electron chi connectivity index (χ2n) is 7.65. The molecule has 0 atom stereocenters. The first-order valence-electron chi connectivity index (χ1n) is 9.70. The maximum Gasteiger partial charge on any atom is 2.00 e. The van der Waals surface area contributed by atoms with Crippen LogP contribution < -0.4 is 0 Å². The molecule has 0 spiro atoms. The van der Waals surface area contributed by atoms with E-state index in [1.807, 2.05) is 68.4 Å². The molecule has 2 aromatic carbocycles. The number of aromatic nitrogens is 2. The van der Waals surface area contributed by atoms with Crippen molar-refractivity contribution in [2.75, 3.05) is 0 Å². The molecule has 0 amide bonds. The molecule has 2 heterocycles. The van der Waals surface area contributed by atoms with Crippen LogP contribution in [0.3, 0.4) is 0 Å². The van der Waals surface area contributed by atoms with Gasteiger partial charge in [0.2, 0.25) is 0 Å². The number of hydrogen-bond acceptors (Lipinski definition) is 2. The summed E-state index contributed by atoms with van der Waals surface area (Å²) in [5.74, 6) is -1.35. The molecule has 0 unspecified atom stereocenters. The van der Waals surface area contributed by atoms with E-state index in [1.165, 1.54) is 0 Å². The van der Waals surface area contributed by atoms with Gasteiger partial charge in [0.15, 0.2) is 0 Å². The van der Waals surface area contributed by atoms with Crippen LogP contribution in [0.5, 0.6) is 0 Å². The molecule has 0 bridgehead atoms. The normalized spacial score (nSPS) is 11.1. The summed E-state index contributed by atoms with van der Waals surface area (Å²) in [6, 6.07) is 27.0. The van der Waals surface area contributed by atoms with Gasteiger partial charge in [0.25, 0.3) is 0 Å². The number of pyridine rings is 2. The van der Waals surface area contributed by atoms with E-state index in [-0.39, 0.29) is 26.6 Å². The van der Waals surface area contributed by atoms with Gasteiger partial charge < -0.3 is 4.98 Å². The molecule has 5 heteroatoms. The second-order valence-corrected chi connectivity index (χ2v) is 7.65. The Morgan fingerprint density at radius 2 is 1.61 bits per heavy atom. The average Bonchev–Trinajstić information content (AvgIpc) is 2.75. The molecule has 31 heavy (non-hydrogen) atoms. The molecule has 158 valence electrons. The van der Waals surface area contributed by atoms with Crippen molar-refractivity contribution in [2.45, 2.75) is 25.7 Å². The van der Waals surface area contributed by atoms with Gasteiger partial charge in [-0.2, -0.15) is 35.9 Å². The zero-order valence-electron chi connectivity index (χ0n) is 17.1. The van der Waals surface area contributed by atoms with E-state index in [0.717, 1.165) is 34.8 Å². The zero-order chi connectivity index (χ0) is 21.1. The van der Waals surface area contributed by atoms with Crippen LogP contribution in [-0.2, 0) is 32.9 Å². The van der Waals surface area contributed by atoms with Crippen molar-refractivity contribution in [3.8, 4) is 11.3 Å². The average molecular weight is 594 g/mol. The number of benzene rings is 2. The first kappa shape index (κ1) is 23.0. The first-order chi connectivity index (χ1) is 14.4. The fraction of sp³-hybridized carbons (Fsp3) is 0.154. The molecular weight excluding hydrogens is 573 g/mol. The van der Waals surface area contributed by atoms with E-state index < -0.39 is 17.0 Å². The fourth-order valence-corrected chi connectivity index (χ4v) is 3.36. The van der Waals surface area contributed by atoms with Crippen LogP contribution >= 0.6 is 0 Å². The third kappa shape index (κ3) is 5.14. The number of rotatable bonds is 5. The van der Waals surface area contributed by atoms with Crippen LogP contribution in [0, 0.1) is 23.8 Å². The molecule has 2 nitrogen and oxygen atoms in total. The number of halogens is 2. The van der Waals surface area contributed by atoms with E-state index in [0.29, 0.717) is 12.1 Å². The maximum atomic E-state index is 14.2. The molecule has 0 aliphatic heterocycles. The van der Waals surface area contributed by atoms with Gasteiger partial charge in [-0.1, -0.05) is 29.8 Å². The molecule has 0 aliphatic carbocycles. The van der Waals surface area contributed by atoms with E-state index in [4.69, 9.17) is 4.98 Å². The zero-order valence-corrected chi connectivity index (χ0v) is 19.4. The summed E-state index contributed by atoms with van der Waals surface area (Å²) in [4.78, 5) is 9.51. The molecule has 2 aromatic heterocycles. The molecule has 0 fully saturated rings. The summed E-state index contributed by atoms with van der Waals surface area (Å²) in [5.41, 5.74) is 3.67. The van der Waals surface area contributed by atoms with Gasteiger partial charge in [-0.3, -0.25) is 13.8 Å².